The highest BCUT2D eigenvalue weighted by Gasteiger charge is 2.35. The van der Waals surface area contributed by atoms with Gasteiger partial charge in [0.1, 0.15) is 0 Å². The molecule has 0 aromatic rings. The Bertz CT molecular complexity index is 261. The Balaban J connectivity index is 1.82. The third kappa shape index (κ3) is 3.75. The van der Waals surface area contributed by atoms with Crippen molar-refractivity contribution in [2.45, 2.75) is 64.3 Å². The molecule has 118 valence electrons. The van der Waals surface area contributed by atoms with Gasteiger partial charge in [-0.15, -0.1) is 0 Å². The van der Waals surface area contributed by atoms with Gasteiger partial charge in [0.15, 0.2) is 0 Å². The van der Waals surface area contributed by atoms with Gasteiger partial charge >= 0.3 is 0 Å². The van der Waals surface area contributed by atoms with E-state index in [0.717, 1.165) is 12.5 Å². The van der Waals surface area contributed by atoms with Crippen LogP contribution in [0.5, 0.6) is 0 Å². The van der Waals surface area contributed by atoms with Crippen molar-refractivity contribution >= 4 is 0 Å². The van der Waals surface area contributed by atoms with E-state index in [1.54, 1.807) is 0 Å². The Morgan fingerprint density at radius 2 is 1.70 bits per heavy atom. The second kappa shape index (κ2) is 7.77. The SMILES string of the molecule is CCCC(CC)(CN)N1CCC(CN2CCCC2)CC1. The molecule has 1 atom stereocenters. The van der Waals surface area contributed by atoms with E-state index < -0.39 is 0 Å². The zero-order chi connectivity index (χ0) is 14.4. The molecular weight excluding hydrogens is 246 g/mol. The van der Waals surface area contributed by atoms with Gasteiger partial charge in [0.05, 0.1) is 0 Å². The Hall–Kier alpha value is -0.120. The number of hydrogen-bond donors (Lipinski definition) is 1. The summed E-state index contributed by atoms with van der Waals surface area (Å²) < 4.78 is 0. The summed E-state index contributed by atoms with van der Waals surface area (Å²) in [5.41, 5.74) is 6.44. The van der Waals surface area contributed by atoms with Crippen LogP contribution in [0.15, 0.2) is 0 Å². The number of piperidine rings is 1. The molecule has 2 aliphatic heterocycles. The van der Waals surface area contributed by atoms with E-state index in [1.165, 1.54) is 77.7 Å². The summed E-state index contributed by atoms with van der Waals surface area (Å²) in [6, 6.07) is 0. The van der Waals surface area contributed by atoms with Gasteiger partial charge in [0.2, 0.25) is 0 Å². The van der Waals surface area contributed by atoms with E-state index in [0.29, 0.717) is 0 Å². The van der Waals surface area contributed by atoms with Gasteiger partial charge in [0, 0.05) is 18.6 Å². The van der Waals surface area contributed by atoms with E-state index >= 15 is 0 Å². The molecule has 2 saturated heterocycles. The molecule has 0 bridgehead atoms. The lowest BCUT2D eigenvalue weighted by atomic mass is 9.85. The summed E-state index contributed by atoms with van der Waals surface area (Å²) in [7, 11) is 0. The van der Waals surface area contributed by atoms with Crippen molar-refractivity contribution in [1.82, 2.24) is 9.80 Å². The van der Waals surface area contributed by atoms with Gasteiger partial charge in [0.25, 0.3) is 0 Å². The Labute approximate surface area is 125 Å². The topological polar surface area (TPSA) is 32.5 Å². The lowest BCUT2D eigenvalue weighted by molar-refractivity contribution is 0.0383. The molecule has 0 aliphatic carbocycles. The fourth-order valence-corrected chi connectivity index (χ4v) is 4.32. The molecular formula is C17H35N3. The van der Waals surface area contributed by atoms with E-state index in [2.05, 4.69) is 23.6 Å². The number of likely N-dealkylation sites (tertiary alicyclic amines) is 2. The van der Waals surface area contributed by atoms with Crippen LogP contribution in [-0.2, 0) is 0 Å². The highest BCUT2D eigenvalue weighted by molar-refractivity contribution is 4.93. The molecule has 2 N–H and O–H groups in total. The number of nitrogens with two attached hydrogens (primary N) is 1. The molecule has 2 rings (SSSR count). The minimum Gasteiger partial charge on any atom is -0.329 e. The first-order chi connectivity index (χ1) is 9.74. The standard InChI is InChI=1S/C17H35N3/c1-3-9-17(4-2,15-18)20-12-7-16(8-13-20)14-19-10-5-6-11-19/h16H,3-15,18H2,1-2H3. The molecule has 0 aromatic carbocycles. The van der Waals surface area contributed by atoms with Gasteiger partial charge in [-0.05, 0) is 70.6 Å². The zero-order valence-electron chi connectivity index (χ0n) is 13.7. The van der Waals surface area contributed by atoms with Crippen LogP contribution in [0, 0.1) is 5.92 Å². The van der Waals surface area contributed by atoms with Crippen LogP contribution >= 0.6 is 0 Å². The zero-order valence-corrected chi connectivity index (χ0v) is 13.7. The maximum atomic E-state index is 6.15. The van der Waals surface area contributed by atoms with Crippen LogP contribution in [0.25, 0.3) is 0 Å². The Morgan fingerprint density at radius 1 is 1.05 bits per heavy atom. The van der Waals surface area contributed by atoms with E-state index in [9.17, 15) is 0 Å². The summed E-state index contributed by atoms with van der Waals surface area (Å²) >= 11 is 0. The lowest BCUT2D eigenvalue weighted by Gasteiger charge is -2.47. The van der Waals surface area contributed by atoms with Crippen LogP contribution in [-0.4, -0.2) is 54.6 Å². The number of hydrogen-bond acceptors (Lipinski definition) is 3. The highest BCUT2D eigenvalue weighted by Crippen LogP contribution is 2.30. The van der Waals surface area contributed by atoms with Gasteiger partial charge in [-0.1, -0.05) is 20.3 Å². The Kier molecular flexibility index (Phi) is 6.31. The van der Waals surface area contributed by atoms with Crippen LogP contribution in [0.1, 0.15) is 58.8 Å². The van der Waals surface area contributed by atoms with Crippen LogP contribution in [0.4, 0.5) is 0 Å². The first-order valence-corrected chi connectivity index (χ1v) is 8.91. The fourth-order valence-electron chi connectivity index (χ4n) is 4.32. The minimum atomic E-state index is 0.285. The highest BCUT2D eigenvalue weighted by atomic mass is 15.2. The van der Waals surface area contributed by atoms with Crippen molar-refractivity contribution in [3.8, 4) is 0 Å². The van der Waals surface area contributed by atoms with Gasteiger partial charge in [-0.2, -0.15) is 0 Å². The van der Waals surface area contributed by atoms with Crippen molar-refractivity contribution in [2.24, 2.45) is 11.7 Å². The monoisotopic (exact) mass is 281 g/mol. The molecule has 0 spiro atoms. The summed E-state index contributed by atoms with van der Waals surface area (Å²) in [5, 5.41) is 0. The summed E-state index contributed by atoms with van der Waals surface area (Å²) in [4.78, 5) is 5.40. The van der Waals surface area contributed by atoms with Gasteiger partial charge < -0.3 is 10.6 Å². The van der Waals surface area contributed by atoms with Crippen molar-refractivity contribution in [2.75, 3.05) is 39.3 Å². The lowest BCUT2D eigenvalue weighted by Crippen LogP contribution is -2.56. The summed E-state index contributed by atoms with van der Waals surface area (Å²) in [5.74, 6) is 0.929. The molecule has 2 aliphatic rings. The van der Waals surface area contributed by atoms with Crippen LogP contribution < -0.4 is 5.73 Å². The molecule has 0 saturated carbocycles. The molecule has 20 heavy (non-hydrogen) atoms. The molecule has 0 aromatic heterocycles. The van der Waals surface area contributed by atoms with Crippen LogP contribution in [0.3, 0.4) is 0 Å². The summed E-state index contributed by atoms with van der Waals surface area (Å²) in [6.07, 6.45) is 9.30. The maximum absolute atomic E-state index is 6.15. The smallest absolute Gasteiger partial charge is 0.0329 e. The molecule has 2 heterocycles. The first kappa shape index (κ1) is 16.3. The third-order valence-electron chi connectivity index (χ3n) is 5.75. The van der Waals surface area contributed by atoms with E-state index in [1.807, 2.05) is 0 Å². The van der Waals surface area contributed by atoms with Crippen molar-refractivity contribution in [1.29, 1.82) is 0 Å². The third-order valence-corrected chi connectivity index (χ3v) is 5.75. The normalized spacial score (nSPS) is 25.9. The van der Waals surface area contributed by atoms with E-state index in [-0.39, 0.29) is 5.54 Å². The summed E-state index contributed by atoms with van der Waals surface area (Å²) in [6.45, 7) is 12.0. The number of nitrogens with zero attached hydrogens (tertiary/aromatic N) is 2. The predicted molar refractivity (Wildman–Crippen MR) is 87.0 cm³/mol. The molecule has 2 fully saturated rings. The van der Waals surface area contributed by atoms with Gasteiger partial charge in [-0.25, -0.2) is 0 Å². The fraction of sp³-hybridized carbons (Fsp3) is 1.00. The average Bonchev–Trinajstić information content (AvgIpc) is 2.99. The van der Waals surface area contributed by atoms with Crippen molar-refractivity contribution < 1.29 is 0 Å². The second-order valence-corrected chi connectivity index (χ2v) is 6.97. The molecule has 3 nitrogen and oxygen atoms in total. The molecule has 3 heteroatoms. The van der Waals surface area contributed by atoms with Crippen LogP contribution in [0.2, 0.25) is 0 Å². The molecule has 0 amide bonds. The molecule has 0 radical (unpaired) electrons. The van der Waals surface area contributed by atoms with Crippen molar-refractivity contribution in [3.63, 3.8) is 0 Å². The van der Waals surface area contributed by atoms with Crippen molar-refractivity contribution in [3.05, 3.63) is 0 Å². The Morgan fingerprint density at radius 3 is 2.20 bits per heavy atom. The predicted octanol–water partition coefficient (Wildman–Crippen LogP) is 2.70. The van der Waals surface area contributed by atoms with Gasteiger partial charge in [-0.3, -0.25) is 4.90 Å². The minimum absolute atomic E-state index is 0.285. The maximum Gasteiger partial charge on any atom is 0.0329 e. The quantitative estimate of drug-likeness (QED) is 0.779. The van der Waals surface area contributed by atoms with E-state index in [4.69, 9.17) is 5.73 Å². The largest absolute Gasteiger partial charge is 0.329 e. The second-order valence-electron chi connectivity index (χ2n) is 6.97. The first-order valence-electron chi connectivity index (χ1n) is 8.91. The average molecular weight is 281 g/mol. The number of rotatable bonds is 7. The molecule has 1 unspecified atom stereocenters.